The van der Waals surface area contributed by atoms with Gasteiger partial charge < -0.3 is 16.8 Å². The Morgan fingerprint density at radius 2 is 2.22 bits per heavy atom. The molecule has 0 aliphatic rings. The van der Waals surface area contributed by atoms with Gasteiger partial charge in [-0.05, 0) is 6.42 Å². The second kappa shape index (κ2) is 6.15. The molecule has 0 saturated carbocycles. The van der Waals surface area contributed by atoms with Crippen LogP contribution < -0.4 is 16.8 Å². The smallest absolute Gasteiger partial charge is 0.237 e. The molecule has 18 heavy (non-hydrogen) atoms. The highest BCUT2D eigenvalue weighted by Crippen LogP contribution is 2.06. The fraction of sp³-hybridized carbons (Fsp3) is 0.545. The first-order valence-electron chi connectivity index (χ1n) is 5.77. The Hall–Kier alpha value is -1.89. The van der Waals surface area contributed by atoms with Gasteiger partial charge in [0.25, 0.3) is 0 Å². The van der Waals surface area contributed by atoms with E-state index >= 15 is 0 Å². The number of hydrogen-bond acceptors (Lipinski definition) is 4. The molecule has 0 bridgehead atoms. The fourth-order valence-corrected chi connectivity index (χ4v) is 1.65. The van der Waals surface area contributed by atoms with Crippen LogP contribution in [0.4, 0.5) is 0 Å². The van der Waals surface area contributed by atoms with Crippen LogP contribution in [-0.2, 0) is 29.6 Å². The molecule has 100 valence electrons. The SMILES string of the molecule is CCc1nn(C)cc1CNC(=O)C(N)CC(N)=O. The number of nitrogens with zero attached hydrogens (tertiary/aromatic N) is 2. The monoisotopic (exact) mass is 253 g/mol. The minimum Gasteiger partial charge on any atom is -0.370 e. The van der Waals surface area contributed by atoms with Crippen molar-refractivity contribution in [3.63, 3.8) is 0 Å². The van der Waals surface area contributed by atoms with Gasteiger partial charge in [-0.3, -0.25) is 14.3 Å². The molecule has 0 spiro atoms. The lowest BCUT2D eigenvalue weighted by molar-refractivity contribution is -0.126. The van der Waals surface area contributed by atoms with Crippen LogP contribution in [0, 0.1) is 0 Å². The quantitative estimate of drug-likeness (QED) is 0.590. The number of nitrogens with two attached hydrogens (primary N) is 2. The van der Waals surface area contributed by atoms with Gasteiger partial charge >= 0.3 is 0 Å². The summed E-state index contributed by atoms with van der Waals surface area (Å²) in [5.41, 5.74) is 12.4. The summed E-state index contributed by atoms with van der Waals surface area (Å²) in [5.74, 6) is -0.979. The van der Waals surface area contributed by atoms with E-state index in [4.69, 9.17) is 11.5 Å². The molecular formula is C11H19N5O2. The summed E-state index contributed by atoms with van der Waals surface area (Å²) < 4.78 is 1.70. The second-order valence-corrected chi connectivity index (χ2v) is 4.12. The van der Waals surface area contributed by atoms with E-state index in [1.807, 2.05) is 20.2 Å². The van der Waals surface area contributed by atoms with Crippen LogP contribution in [0.25, 0.3) is 0 Å². The van der Waals surface area contributed by atoms with Crippen molar-refractivity contribution in [2.75, 3.05) is 0 Å². The molecule has 0 radical (unpaired) electrons. The molecule has 1 aromatic heterocycles. The van der Waals surface area contributed by atoms with Gasteiger partial charge in [0.2, 0.25) is 11.8 Å². The van der Waals surface area contributed by atoms with E-state index in [0.29, 0.717) is 6.54 Å². The van der Waals surface area contributed by atoms with E-state index < -0.39 is 11.9 Å². The van der Waals surface area contributed by atoms with Gasteiger partial charge in [-0.25, -0.2) is 0 Å². The highest BCUT2D eigenvalue weighted by molar-refractivity contribution is 5.87. The van der Waals surface area contributed by atoms with E-state index in [9.17, 15) is 9.59 Å². The Balaban J connectivity index is 2.54. The number of aromatic nitrogens is 2. The van der Waals surface area contributed by atoms with Crippen molar-refractivity contribution in [2.24, 2.45) is 18.5 Å². The van der Waals surface area contributed by atoms with Crippen molar-refractivity contribution >= 4 is 11.8 Å². The Morgan fingerprint density at radius 3 is 2.78 bits per heavy atom. The van der Waals surface area contributed by atoms with Gasteiger partial charge in [-0.1, -0.05) is 6.92 Å². The fourth-order valence-electron chi connectivity index (χ4n) is 1.65. The van der Waals surface area contributed by atoms with E-state index in [2.05, 4.69) is 10.4 Å². The predicted octanol–water partition coefficient (Wildman–Crippen LogP) is -1.20. The summed E-state index contributed by atoms with van der Waals surface area (Å²) in [4.78, 5) is 22.2. The number of carbonyl (C=O) groups excluding carboxylic acids is 2. The zero-order valence-corrected chi connectivity index (χ0v) is 10.6. The first kappa shape index (κ1) is 14.2. The molecule has 1 aromatic rings. The molecule has 0 saturated heterocycles. The molecule has 7 nitrogen and oxygen atoms in total. The first-order chi connectivity index (χ1) is 8.43. The Bertz CT molecular complexity index is 441. The van der Waals surface area contributed by atoms with Gasteiger partial charge in [0.05, 0.1) is 18.2 Å². The minimum absolute atomic E-state index is 0.153. The number of carbonyl (C=O) groups is 2. The molecule has 0 aliphatic heterocycles. The molecule has 1 unspecified atom stereocenters. The Kier molecular flexibility index (Phi) is 4.85. The van der Waals surface area contributed by atoms with Gasteiger partial charge in [0, 0.05) is 25.4 Å². The highest BCUT2D eigenvalue weighted by atomic mass is 16.2. The molecule has 1 atom stereocenters. The molecule has 0 fully saturated rings. The lowest BCUT2D eigenvalue weighted by Gasteiger charge is -2.10. The predicted molar refractivity (Wildman–Crippen MR) is 66.2 cm³/mol. The molecular weight excluding hydrogens is 234 g/mol. The molecule has 0 aromatic carbocycles. The van der Waals surface area contributed by atoms with Crippen LogP contribution in [0.3, 0.4) is 0 Å². The Labute approximate surface area is 106 Å². The maximum Gasteiger partial charge on any atom is 0.237 e. The van der Waals surface area contributed by atoms with Gasteiger partial charge in [0.15, 0.2) is 0 Å². The third kappa shape index (κ3) is 3.85. The van der Waals surface area contributed by atoms with Crippen molar-refractivity contribution in [3.8, 4) is 0 Å². The lowest BCUT2D eigenvalue weighted by atomic mass is 10.2. The number of hydrogen-bond donors (Lipinski definition) is 3. The average molecular weight is 253 g/mol. The van der Waals surface area contributed by atoms with Crippen LogP contribution in [0.15, 0.2) is 6.20 Å². The Morgan fingerprint density at radius 1 is 1.56 bits per heavy atom. The summed E-state index contributed by atoms with van der Waals surface area (Å²) in [7, 11) is 1.82. The number of nitrogens with one attached hydrogen (secondary N) is 1. The number of rotatable bonds is 6. The van der Waals surface area contributed by atoms with Crippen LogP contribution in [0.1, 0.15) is 24.6 Å². The van der Waals surface area contributed by atoms with Crippen LogP contribution in [-0.4, -0.2) is 27.6 Å². The minimum atomic E-state index is -0.899. The van der Waals surface area contributed by atoms with Crippen LogP contribution in [0.2, 0.25) is 0 Å². The highest BCUT2D eigenvalue weighted by Gasteiger charge is 2.16. The summed E-state index contributed by atoms with van der Waals surface area (Å²) in [6, 6.07) is -0.899. The maximum absolute atomic E-state index is 11.6. The van der Waals surface area contributed by atoms with E-state index in [1.165, 1.54) is 0 Å². The normalized spacial score (nSPS) is 12.2. The number of aryl methyl sites for hydroxylation is 2. The summed E-state index contributed by atoms with van der Waals surface area (Å²) in [6.45, 7) is 2.34. The second-order valence-electron chi connectivity index (χ2n) is 4.12. The van der Waals surface area contributed by atoms with Crippen molar-refractivity contribution < 1.29 is 9.59 Å². The lowest BCUT2D eigenvalue weighted by Crippen LogP contribution is -2.42. The third-order valence-electron chi connectivity index (χ3n) is 2.54. The van der Waals surface area contributed by atoms with E-state index in [-0.39, 0.29) is 12.3 Å². The van der Waals surface area contributed by atoms with Crippen LogP contribution in [0.5, 0.6) is 0 Å². The maximum atomic E-state index is 11.6. The van der Waals surface area contributed by atoms with Crippen molar-refractivity contribution in [1.82, 2.24) is 15.1 Å². The van der Waals surface area contributed by atoms with Crippen molar-refractivity contribution in [3.05, 3.63) is 17.5 Å². The molecule has 0 aliphatic carbocycles. The standard InChI is InChI=1S/C11H19N5O2/c1-3-9-7(6-16(2)15-9)5-14-11(18)8(12)4-10(13)17/h6,8H,3-5,12H2,1-2H3,(H2,13,17)(H,14,18). The third-order valence-corrected chi connectivity index (χ3v) is 2.54. The number of primary amides is 1. The summed E-state index contributed by atoms with van der Waals surface area (Å²) in [6.07, 6.45) is 2.48. The first-order valence-corrected chi connectivity index (χ1v) is 5.77. The zero-order valence-electron chi connectivity index (χ0n) is 10.6. The van der Waals surface area contributed by atoms with Gasteiger partial charge in [-0.2, -0.15) is 5.10 Å². The zero-order chi connectivity index (χ0) is 13.7. The van der Waals surface area contributed by atoms with Gasteiger partial charge in [-0.15, -0.1) is 0 Å². The number of amides is 2. The molecule has 2 amide bonds. The molecule has 1 rings (SSSR count). The van der Waals surface area contributed by atoms with E-state index in [0.717, 1.165) is 17.7 Å². The van der Waals surface area contributed by atoms with Crippen molar-refractivity contribution in [2.45, 2.75) is 32.4 Å². The van der Waals surface area contributed by atoms with Crippen LogP contribution >= 0.6 is 0 Å². The average Bonchev–Trinajstić information content (AvgIpc) is 2.65. The van der Waals surface area contributed by atoms with E-state index in [1.54, 1.807) is 4.68 Å². The molecule has 1 heterocycles. The largest absolute Gasteiger partial charge is 0.370 e. The molecule has 5 N–H and O–H groups in total. The summed E-state index contributed by atoms with van der Waals surface area (Å²) >= 11 is 0. The topological polar surface area (TPSA) is 116 Å². The van der Waals surface area contributed by atoms with Gasteiger partial charge in [0.1, 0.15) is 0 Å². The van der Waals surface area contributed by atoms with Crippen molar-refractivity contribution in [1.29, 1.82) is 0 Å². The molecule has 7 heteroatoms. The summed E-state index contributed by atoms with van der Waals surface area (Å²) in [5, 5.41) is 6.93.